The van der Waals surface area contributed by atoms with Crippen molar-refractivity contribution in [3.8, 4) is 0 Å². The molecule has 0 aliphatic heterocycles. The first-order valence-electron chi connectivity index (χ1n) is 42.6. The van der Waals surface area contributed by atoms with Crippen molar-refractivity contribution in [2.45, 2.75) is 19.3 Å². The van der Waals surface area contributed by atoms with Crippen LogP contribution in [0.3, 0.4) is 0 Å². The average Bonchev–Trinajstić information content (AvgIpc) is 0.758. The summed E-state index contributed by atoms with van der Waals surface area (Å²) in [6, 6.07) is 197. The minimum atomic E-state index is -5.14. The third-order valence-electron chi connectivity index (χ3n) is 20.8. The van der Waals surface area contributed by atoms with Crippen LogP contribution in [-0.2, 0) is 9.13 Å². The van der Waals surface area contributed by atoms with Gasteiger partial charge in [-0.2, -0.15) is 0 Å². The van der Waals surface area contributed by atoms with E-state index < -0.39 is 61.9 Å². The van der Waals surface area contributed by atoms with Gasteiger partial charge in [-0.05, 0) is 187 Å². The van der Waals surface area contributed by atoms with Crippen LogP contribution in [0.1, 0.15) is 19.3 Å². The number of benzene rings is 18. The molecule has 644 valence electrons. The van der Waals surface area contributed by atoms with Gasteiger partial charge in [-0.3, -0.25) is 0 Å². The number of unbranched alkanes of at least 4 members (excludes halogenated alkanes) is 2. The smallest absolute Gasteiger partial charge is 0.466 e. The zero-order valence-electron chi connectivity index (χ0n) is 71.5. The van der Waals surface area contributed by atoms with Crippen LogP contribution in [0.2, 0.25) is 0 Å². The van der Waals surface area contributed by atoms with Crippen molar-refractivity contribution in [2.24, 2.45) is 0 Å². The van der Waals surface area contributed by atoms with Crippen LogP contribution in [0.25, 0.3) is 0 Å². The predicted octanol–water partition coefficient (Wildman–Crippen LogP) is 18.8. The van der Waals surface area contributed by atoms with Crippen LogP contribution in [0.5, 0.6) is 0 Å². The van der Waals surface area contributed by atoms with Crippen molar-refractivity contribution in [1.29, 1.82) is 0 Å². The lowest BCUT2D eigenvalue weighted by Crippen LogP contribution is -2.34. The van der Waals surface area contributed by atoms with Gasteiger partial charge in [0.1, 0.15) is 46.4 Å². The Kier molecular flexibility index (Phi) is 38.9. The van der Waals surface area contributed by atoms with Crippen LogP contribution in [0.15, 0.2) is 546 Å². The molecule has 0 amide bonds. The van der Waals surface area contributed by atoms with Crippen LogP contribution in [-0.4, -0.2) is 31.9 Å². The van der Waals surface area contributed by atoms with Crippen molar-refractivity contribution >= 4 is 157 Å². The second-order valence-corrected chi connectivity index (χ2v) is 47.6. The highest BCUT2D eigenvalue weighted by Gasteiger charge is 2.47. The molecule has 0 heterocycles. The predicted molar refractivity (Wildman–Crippen MR) is 559 cm³/mol. The standard InChI is InChI=1S/C41H40P2.4C18H15P.2H3O4P/c1-8-22-36(23-9-1)42(37-24-10-2-11-25-37,38-26-12-3-13-27-38)34-20-7-21-35-43(39-28-14-4-15-29-39,40-30-16-5-17-31-40)41-32-18-6-19-33-41;4*1-4-10-16(11-5-1)19(17-12-6-2-7-13-17)18-14-8-3-9-15-18;2*1-5(2,3)4/h1-6,8-19,22-33H,7,20-21,34-35H2;4*1-15H;2*(H3,1,2,3,4)/q+2;;;;;;/p-2. The lowest BCUT2D eigenvalue weighted by molar-refractivity contribution is -0.337. The van der Waals surface area contributed by atoms with Crippen LogP contribution in [0.4, 0.5) is 0 Å². The molecule has 0 saturated heterocycles. The highest BCUT2D eigenvalue weighted by molar-refractivity contribution is 7.96. The van der Waals surface area contributed by atoms with E-state index in [0.717, 1.165) is 0 Å². The normalized spacial score (nSPS) is 11.1. The van der Waals surface area contributed by atoms with Gasteiger partial charge < -0.3 is 33.9 Å². The summed E-state index contributed by atoms with van der Waals surface area (Å²) in [7, 11) is -15.2. The summed E-state index contributed by atoms with van der Waals surface area (Å²) in [4.78, 5) is 45.8. The average molecular weight is 1840 g/mol. The molecule has 16 heteroatoms. The summed E-state index contributed by atoms with van der Waals surface area (Å²) in [6.45, 7) is 0. The summed E-state index contributed by atoms with van der Waals surface area (Å²) in [5.41, 5.74) is 0. The fraction of sp³-hybridized carbons (Fsp3) is 0.0442. The quantitative estimate of drug-likeness (QED) is 0.0343. The monoisotopic (exact) mass is 1840 g/mol. The molecular weight excluding hydrogens is 1730 g/mol. The fourth-order valence-corrected chi connectivity index (χ4v) is 33.4. The van der Waals surface area contributed by atoms with E-state index in [9.17, 15) is 0 Å². The van der Waals surface area contributed by atoms with E-state index >= 15 is 0 Å². The third kappa shape index (κ3) is 29.9. The Morgan fingerprint density at radius 3 is 0.349 bits per heavy atom. The number of hydrogen-bond acceptors (Lipinski definition) is 4. The minimum Gasteiger partial charge on any atom is -0.790 e. The van der Waals surface area contributed by atoms with Crippen molar-refractivity contribution in [1.82, 2.24) is 0 Å². The maximum atomic E-state index is 8.88. The third-order valence-corrected chi connectivity index (χ3v) is 39.7. The molecule has 18 aromatic rings. The molecule has 0 saturated carbocycles. The summed E-state index contributed by atoms with van der Waals surface area (Å²) < 4.78 is 17.5. The van der Waals surface area contributed by atoms with Crippen molar-refractivity contribution in [2.75, 3.05) is 12.3 Å². The van der Waals surface area contributed by atoms with Gasteiger partial charge >= 0.3 is 7.82 Å². The lowest BCUT2D eigenvalue weighted by Gasteiger charge is -2.29. The van der Waals surface area contributed by atoms with E-state index in [1.807, 2.05) is 0 Å². The Balaban J connectivity index is 0.000000149. The summed E-state index contributed by atoms with van der Waals surface area (Å²) in [6.07, 6.45) is 5.97. The maximum absolute atomic E-state index is 8.88. The Morgan fingerprint density at radius 2 is 0.256 bits per heavy atom. The van der Waals surface area contributed by atoms with Crippen LogP contribution < -0.4 is 105 Å². The highest BCUT2D eigenvalue weighted by Crippen LogP contribution is 2.58. The second kappa shape index (κ2) is 51.8. The van der Waals surface area contributed by atoms with Gasteiger partial charge in [-0.15, -0.1) is 0 Å². The number of hydrogen-bond donors (Lipinski definition) is 4. The summed E-state index contributed by atoms with van der Waals surface area (Å²) >= 11 is 0. The molecule has 129 heavy (non-hydrogen) atoms. The molecule has 0 atom stereocenters. The van der Waals surface area contributed by atoms with Gasteiger partial charge in [-0.25, -0.2) is 4.57 Å². The molecule has 0 spiro atoms. The molecule has 0 aromatic heterocycles. The molecule has 8 nitrogen and oxygen atoms in total. The van der Waals surface area contributed by atoms with Crippen molar-refractivity contribution in [3.05, 3.63) is 546 Å². The molecule has 18 aromatic carbocycles. The highest BCUT2D eigenvalue weighted by atomic mass is 31.2. The van der Waals surface area contributed by atoms with Gasteiger partial charge in [0.05, 0.1) is 20.1 Å². The van der Waals surface area contributed by atoms with Crippen LogP contribution in [0, 0.1) is 0 Å². The summed E-state index contributed by atoms with van der Waals surface area (Å²) in [5.74, 6) is 0. The van der Waals surface area contributed by atoms with Gasteiger partial charge in [0.15, 0.2) is 0 Å². The molecule has 0 fully saturated rings. The minimum absolute atomic E-state index is 0.446. The van der Waals surface area contributed by atoms with E-state index in [2.05, 4.69) is 546 Å². The van der Waals surface area contributed by atoms with E-state index in [1.165, 1.54) is 127 Å². The first-order chi connectivity index (χ1) is 63.1. The van der Waals surface area contributed by atoms with Gasteiger partial charge in [-0.1, -0.05) is 473 Å². The Morgan fingerprint density at radius 1 is 0.171 bits per heavy atom. The Labute approximate surface area is 767 Å². The van der Waals surface area contributed by atoms with Gasteiger partial charge in [0.2, 0.25) is 0 Å². The SMILES string of the molecule is O=P(O)(O)O.O=P([O-])([O-])O.c1ccc(P(c2ccccc2)c2ccccc2)cc1.c1ccc(P(c2ccccc2)c2ccccc2)cc1.c1ccc(P(c2ccccc2)c2ccccc2)cc1.c1ccc(P(c2ccccc2)c2ccccc2)cc1.c1ccc([P+](CCCCC[P+](c2ccccc2)(c2ccccc2)c2ccccc2)(c2ccccc2)c2ccccc2)cc1. The molecule has 4 N–H and O–H groups in total. The van der Waals surface area contributed by atoms with E-state index in [1.54, 1.807) is 0 Å². The number of phosphoric acid groups is 2. The van der Waals surface area contributed by atoms with Crippen LogP contribution >= 0.6 is 61.9 Å². The lowest BCUT2D eigenvalue weighted by atomic mass is 10.3. The van der Waals surface area contributed by atoms with E-state index in [4.69, 9.17) is 38.5 Å². The Bertz CT molecular complexity index is 4980. The van der Waals surface area contributed by atoms with E-state index in [0.29, 0.717) is 0 Å². The molecule has 0 unspecified atom stereocenters. The number of rotatable bonds is 24. The maximum Gasteiger partial charge on any atom is 0.466 e. The molecule has 18 rings (SSSR count). The molecule has 0 aliphatic rings. The molecular formula is C113H104O8P8. The fourth-order valence-electron chi connectivity index (χ4n) is 15.4. The largest absolute Gasteiger partial charge is 0.790 e. The zero-order valence-corrected chi connectivity index (χ0v) is 78.7. The molecule has 0 aliphatic carbocycles. The first-order valence-corrected chi connectivity index (χ1v) is 55.0. The van der Waals surface area contributed by atoms with E-state index in [-0.39, 0.29) is 0 Å². The van der Waals surface area contributed by atoms with Crippen molar-refractivity contribution < 1.29 is 38.5 Å². The van der Waals surface area contributed by atoms with Crippen molar-refractivity contribution in [3.63, 3.8) is 0 Å². The molecule has 0 bridgehead atoms. The molecule has 0 radical (unpaired) electrons. The first kappa shape index (κ1) is 96.8. The topological polar surface area (TPSA) is 161 Å². The zero-order chi connectivity index (χ0) is 89.9. The van der Waals surface area contributed by atoms with Gasteiger partial charge in [0.25, 0.3) is 0 Å². The van der Waals surface area contributed by atoms with Gasteiger partial charge in [0, 0.05) is 0 Å². The second-order valence-electron chi connectivity index (χ2n) is 29.5. The summed E-state index contributed by atoms with van der Waals surface area (Å²) in [5, 5.41) is 25.6. The Hall–Kier alpha value is -11.2.